The molecule has 2 N–H and O–H groups in total. The number of carboxylic acids is 1. The van der Waals surface area contributed by atoms with Crippen LogP contribution in [0.4, 0.5) is 0 Å². The Bertz CT molecular complexity index is 435. The summed E-state index contributed by atoms with van der Waals surface area (Å²) < 4.78 is 1.63. The van der Waals surface area contributed by atoms with Gasteiger partial charge in [0, 0.05) is 20.1 Å². The van der Waals surface area contributed by atoms with Crippen molar-refractivity contribution in [3.05, 3.63) is 17.5 Å². The zero-order valence-corrected chi connectivity index (χ0v) is 11.1. The van der Waals surface area contributed by atoms with Crippen molar-refractivity contribution in [3.63, 3.8) is 0 Å². The highest BCUT2D eigenvalue weighted by atomic mass is 16.4. The number of nitrogens with one attached hydrogen (secondary N) is 1. The fraction of sp³-hybridized carbons (Fsp3) is 0.692. The molecule has 100 valence electrons. The van der Waals surface area contributed by atoms with Crippen LogP contribution >= 0.6 is 0 Å². The smallest absolute Gasteiger partial charge is 0.339 e. The number of rotatable bonds is 7. The maximum Gasteiger partial charge on any atom is 0.339 e. The highest BCUT2D eigenvalue weighted by Crippen LogP contribution is 2.48. The van der Waals surface area contributed by atoms with E-state index in [1.54, 1.807) is 11.7 Å². The molecule has 0 radical (unpaired) electrons. The van der Waals surface area contributed by atoms with E-state index in [-0.39, 0.29) is 0 Å². The number of nitrogens with zero attached hydrogens (tertiary/aromatic N) is 2. The van der Waals surface area contributed by atoms with Gasteiger partial charge in [0.05, 0.1) is 11.9 Å². The van der Waals surface area contributed by atoms with Crippen molar-refractivity contribution in [3.8, 4) is 0 Å². The fourth-order valence-electron chi connectivity index (χ4n) is 2.52. The summed E-state index contributed by atoms with van der Waals surface area (Å²) in [6.45, 7) is 3.76. The quantitative estimate of drug-likeness (QED) is 0.775. The summed E-state index contributed by atoms with van der Waals surface area (Å²) in [4.78, 5) is 11.0. The Morgan fingerprint density at radius 1 is 1.61 bits per heavy atom. The molecule has 1 aliphatic carbocycles. The zero-order valence-electron chi connectivity index (χ0n) is 11.1. The molecule has 5 nitrogen and oxygen atoms in total. The van der Waals surface area contributed by atoms with Crippen LogP contribution in [0.3, 0.4) is 0 Å². The van der Waals surface area contributed by atoms with E-state index in [0.29, 0.717) is 17.5 Å². The topological polar surface area (TPSA) is 67.2 Å². The molecule has 18 heavy (non-hydrogen) atoms. The number of hydrogen-bond donors (Lipinski definition) is 2. The molecule has 1 aromatic rings. The van der Waals surface area contributed by atoms with Gasteiger partial charge in [0.15, 0.2) is 0 Å². The Hall–Kier alpha value is -1.36. The lowest BCUT2D eigenvalue weighted by molar-refractivity contribution is 0.0695. The minimum Gasteiger partial charge on any atom is -0.478 e. The van der Waals surface area contributed by atoms with Crippen molar-refractivity contribution in [1.82, 2.24) is 15.1 Å². The van der Waals surface area contributed by atoms with E-state index in [9.17, 15) is 4.79 Å². The molecule has 0 bridgehead atoms. The van der Waals surface area contributed by atoms with E-state index >= 15 is 0 Å². The summed E-state index contributed by atoms with van der Waals surface area (Å²) >= 11 is 0. The summed E-state index contributed by atoms with van der Waals surface area (Å²) in [5, 5.41) is 16.4. The molecule has 0 amide bonds. The van der Waals surface area contributed by atoms with Crippen LogP contribution in [0.25, 0.3) is 0 Å². The Morgan fingerprint density at radius 2 is 2.33 bits per heavy atom. The predicted octanol–water partition coefficient (Wildman–Crippen LogP) is 1.79. The van der Waals surface area contributed by atoms with Gasteiger partial charge in [-0.25, -0.2) is 4.79 Å². The summed E-state index contributed by atoms with van der Waals surface area (Å²) in [6, 6.07) is 0. The normalized spacial score (nSPS) is 16.8. The number of carboxylic acid groups (broad SMARTS) is 1. The van der Waals surface area contributed by atoms with E-state index in [1.165, 1.54) is 31.9 Å². The van der Waals surface area contributed by atoms with Crippen molar-refractivity contribution < 1.29 is 9.90 Å². The largest absolute Gasteiger partial charge is 0.478 e. The van der Waals surface area contributed by atoms with Crippen LogP contribution in [-0.4, -0.2) is 27.4 Å². The minimum atomic E-state index is -0.908. The predicted molar refractivity (Wildman–Crippen MR) is 68.4 cm³/mol. The average molecular weight is 251 g/mol. The van der Waals surface area contributed by atoms with E-state index in [1.807, 2.05) is 0 Å². The lowest BCUT2D eigenvalue weighted by Gasteiger charge is -2.15. The van der Waals surface area contributed by atoms with Crippen LogP contribution < -0.4 is 5.32 Å². The maximum absolute atomic E-state index is 11.0. The van der Waals surface area contributed by atoms with Crippen molar-refractivity contribution in [2.45, 2.75) is 39.2 Å². The standard InChI is InChI=1S/C13H21N3O2/c1-3-4-13(5-6-13)9-14-8-11-10(12(17)18)7-15-16(11)2/h7,14H,3-6,8-9H2,1-2H3,(H,17,18). The lowest BCUT2D eigenvalue weighted by Crippen LogP contribution is -2.25. The first kappa shape index (κ1) is 13.1. The van der Waals surface area contributed by atoms with Gasteiger partial charge in [-0.1, -0.05) is 13.3 Å². The second-order valence-corrected chi connectivity index (χ2v) is 5.29. The molecule has 2 rings (SSSR count). The molecular formula is C13H21N3O2. The molecule has 0 saturated heterocycles. The van der Waals surface area contributed by atoms with Crippen LogP contribution in [0.1, 0.15) is 48.7 Å². The minimum absolute atomic E-state index is 0.297. The molecule has 0 aliphatic heterocycles. The number of aryl methyl sites for hydroxylation is 1. The number of aromatic carboxylic acids is 1. The molecule has 5 heteroatoms. The third-order valence-electron chi connectivity index (χ3n) is 3.82. The Kier molecular flexibility index (Phi) is 3.71. The fourth-order valence-corrected chi connectivity index (χ4v) is 2.52. The Balaban J connectivity index is 1.90. The zero-order chi connectivity index (χ0) is 13.2. The number of hydrogen-bond acceptors (Lipinski definition) is 3. The molecule has 1 saturated carbocycles. The van der Waals surface area contributed by atoms with Gasteiger partial charge in [0.25, 0.3) is 0 Å². The first-order chi connectivity index (χ1) is 8.58. The van der Waals surface area contributed by atoms with Gasteiger partial charge in [-0.15, -0.1) is 0 Å². The van der Waals surface area contributed by atoms with Crippen LogP contribution in [0, 0.1) is 5.41 Å². The van der Waals surface area contributed by atoms with E-state index < -0.39 is 5.97 Å². The molecule has 0 atom stereocenters. The van der Waals surface area contributed by atoms with Gasteiger partial charge in [-0.05, 0) is 24.7 Å². The first-order valence-electron chi connectivity index (χ1n) is 6.53. The summed E-state index contributed by atoms with van der Waals surface area (Å²) in [6.07, 6.45) is 6.49. The number of carbonyl (C=O) groups is 1. The second-order valence-electron chi connectivity index (χ2n) is 5.29. The lowest BCUT2D eigenvalue weighted by atomic mass is 10.0. The van der Waals surface area contributed by atoms with Crippen LogP contribution in [-0.2, 0) is 13.6 Å². The van der Waals surface area contributed by atoms with Crippen molar-refractivity contribution in [2.24, 2.45) is 12.5 Å². The molecular weight excluding hydrogens is 230 g/mol. The van der Waals surface area contributed by atoms with E-state index in [0.717, 1.165) is 12.2 Å². The second kappa shape index (κ2) is 5.10. The maximum atomic E-state index is 11.0. The average Bonchev–Trinajstić information content (AvgIpc) is 2.97. The van der Waals surface area contributed by atoms with Crippen LogP contribution in [0.2, 0.25) is 0 Å². The molecule has 1 aromatic heterocycles. The van der Waals surface area contributed by atoms with Gasteiger partial charge < -0.3 is 10.4 Å². The monoisotopic (exact) mass is 251 g/mol. The third-order valence-corrected chi connectivity index (χ3v) is 3.82. The van der Waals surface area contributed by atoms with Gasteiger partial charge in [0.1, 0.15) is 5.56 Å². The molecule has 0 spiro atoms. The summed E-state index contributed by atoms with van der Waals surface area (Å²) in [5.74, 6) is -0.908. The van der Waals surface area contributed by atoms with E-state index in [2.05, 4.69) is 17.3 Å². The van der Waals surface area contributed by atoms with Crippen molar-refractivity contribution in [2.75, 3.05) is 6.54 Å². The van der Waals surface area contributed by atoms with Gasteiger partial charge in [0.2, 0.25) is 0 Å². The summed E-state index contributed by atoms with van der Waals surface area (Å²) in [7, 11) is 1.78. The first-order valence-corrected chi connectivity index (χ1v) is 6.53. The highest BCUT2D eigenvalue weighted by Gasteiger charge is 2.40. The van der Waals surface area contributed by atoms with Gasteiger partial charge in [-0.3, -0.25) is 4.68 Å². The molecule has 1 heterocycles. The molecule has 0 aromatic carbocycles. The third kappa shape index (κ3) is 2.72. The molecule has 1 fully saturated rings. The van der Waals surface area contributed by atoms with Gasteiger partial charge in [-0.2, -0.15) is 5.10 Å². The SMILES string of the molecule is CCCC1(CNCc2c(C(=O)O)cnn2C)CC1. The number of aromatic nitrogens is 2. The Morgan fingerprint density at radius 3 is 2.89 bits per heavy atom. The molecule has 1 aliphatic rings. The molecule has 0 unspecified atom stereocenters. The Labute approximate surface area is 107 Å². The highest BCUT2D eigenvalue weighted by molar-refractivity contribution is 5.88. The van der Waals surface area contributed by atoms with Crippen molar-refractivity contribution in [1.29, 1.82) is 0 Å². The van der Waals surface area contributed by atoms with Crippen LogP contribution in [0.5, 0.6) is 0 Å². The van der Waals surface area contributed by atoms with Crippen molar-refractivity contribution >= 4 is 5.97 Å². The van der Waals surface area contributed by atoms with Crippen LogP contribution in [0.15, 0.2) is 6.20 Å². The van der Waals surface area contributed by atoms with Gasteiger partial charge >= 0.3 is 5.97 Å². The summed E-state index contributed by atoms with van der Waals surface area (Å²) in [5.41, 5.74) is 1.52. The van der Waals surface area contributed by atoms with E-state index in [4.69, 9.17) is 5.11 Å².